The summed E-state index contributed by atoms with van der Waals surface area (Å²) in [6, 6.07) is 7.90. The maximum atomic E-state index is 11.9. The van der Waals surface area contributed by atoms with E-state index in [9.17, 15) is 4.79 Å². The molecule has 140 valence electrons. The van der Waals surface area contributed by atoms with Gasteiger partial charge in [0.25, 0.3) is 0 Å². The molecule has 1 amide bonds. The molecule has 0 saturated heterocycles. The van der Waals surface area contributed by atoms with E-state index in [1.54, 1.807) is 6.20 Å². The molecule has 0 radical (unpaired) electrons. The molecule has 2 aromatic rings. The molecule has 1 fully saturated rings. The highest BCUT2D eigenvalue weighted by atomic mass is 35.5. The fraction of sp³-hybridized carbons (Fsp3) is 0.500. The van der Waals surface area contributed by atoms with Gasteiger partial charge in [-0.25, -0.2) is 9.78 Å². The van der Waals surface area contributed by atoms with Crippen molar-refractivity contribution >= 4 is 28.5 Å². The summed E-state index contributed by atoms with van der Waals surface area (Å²) in [6.45, 7) is 5.59. The van der Waals surface area contributed by atoms with E-state index in [1.807, 2.05) is 45.0 Å². The Morgan fingerprint density at radius 1 is 1.15 bits per heavy atom. The SMILES string of the molecule is CC(C)(C)OC(=O)N[C@H]1CC[C@@H](Oc2cccc3c(Cl)nccc23)CC1. The molecule has 3 rings (SSSR count). The molecule has 1 N–H and O–H groups in total. The third kappa shape index (κ3) is 4.79. The molecule has 1 aliphatic rings. The zero-order valence-corrected chi connectivity index (χ0v) is 16.2. The van der Waals surface area contributed by atoms with E-state index in [2.05, 4.69) is 10.3 Å². The van der Waals surface area contributed by atoms with E-state index >= 15 is 0 Å². The molecule has 0 aliphatic heterocycles. The Labute approximate surface area is 159 Å². The van der Waals surface area contributed by atoms with Crippen molar-refractivity contribution in [2.75, 3.05) is 0 Å². The van der Waals surface area contributed by atoms with Crippen molar-refractivity contribution < 1.29 is 14.3 Å². The summed E-state index contributed by atoms with van der Waals surface area (Å²) in [5, 5.41) is 5.31. The van der Waals surface area contributed by atoms with Gasteiger partial charge in [-0.15, -0.1) is 0 Å². The zero-order valence-electron chi connectivity index (χ0n) is 15.4. The number of carbonyl (C=O) groups is 1. The number of hydrogen-bond donors (Lipinski definition) is 1. The van der Waals surface area contributed by atoms with E-state index < -0.39 is 5.60 Å². The van der Waals surface area contributed by atoms with Crippen LogP contribution in [0.3, 0.4) is 0 Å². The van der Waals surface area contributed by atoms with Crippen LogP contribution in [0.2, 0.25) is 5.15 Å². The minimum atomic E-state index is -0.477. The van der Waals surface area contributed by atoms with E-state index in [1.165, 1.54) is 0 Å². The number of benzene rings is 1. The summed E-state index contributed by atoms with van der Waals surface area (Å²) in [6.07, 6.45) is 4.99. The molecule has 1 saturated carbocycles. The van der Waals surface area contributed by atoms with Crippen molar-refractivity contribution in [1.29, 1.82) is 0 Å². The lowest BCUT2D eigenvalue weighted by Gasteiger charge is -2.30. The fourth-order valence-electron chi connectivity index (χ4n) is 3.22. The Kier molecular flexibility index (Phi) is 5.56. The standard InChI is InChI=1S/C20H25ClN2O3/c1-20(2,3)26-19(24)23-13-7-9-14(10-8-13)25-17-6-4-5-16-15(17)11-12-22-18(16)21/h4-6,11-14H,7-10H2,1-3H3,(H,23,24)/t13-,14+. The zero-order chi connectivity index (χ0) is 18.7. The Morgan fingerprint density at radius 2 is 1.88 bits per heavy atom. The number of alkyl carbamates (subject to hydrolysis) is 1. The van der Waals surface area contributed by atoms with Crippen LogP contribution in [0, 0.1) is 0 Å². The number of carbonyl (C=O) groups excluding carboxylic acids is 1. The van der Waals surface area contributed by atoms with Crippen LogP contribution >= 0.6 is 11.6 Å². The van der Waals surface area contributed by atoms with Gasteiger partial charge in [0, 0.05) is 23.0 Å². The van der Waals surface area contributed by atoms with Gasteiger partial charge in [0.2, 0.25) is 0 Å². The van der Waals surface area contributed by atoms with Gasteiger partial charge in [0.1, 0.15) is 16.5 Å². The van der Waals surface area contributed by atoms with Gasteiger partial charge in [-0.1, -0.05) is 23.7 Å². The molecule has 1 aromatic carbocycles. The van der Waals surface area contributed by atoms with Crippen LogP contribution in [0.4, 0.5) is 4.79 Å². The molecular weight excluding hydrogens is 352 g/mol. The van der Waals surface area contributed by atoms with Crippen LogP contribution < -0.4 is 10.1 Å². The minimum Gasteiger partial charge on any atom is -0.490 e. The smallest absolute Gasteiger partial charge is 0.407 e. The predicted molar refractivity (Wildman–Crippen MR) is 103 cm³/mol. The van der Waals surface area contributed by atoms with Gasteiger partial charge < -0.3 is 14.8 Å². The van der Waals surface area contributed by atoms with Gasteiger partial charge in [-0.2, -0.15) is 0 Å². The van der Waals surface area contributed by atoms with E-state index in [-0.39, 0.29) is 18.2 Å². The van der Waals surface area contributed by atoms with Gasteiger partial charge >= 0.3 is 6.09 Å². The molecule has 1 heterocycles. The second kappa shape index (κ2) is 7.70. The quantitative estimate of drug-likeness (QED) is 0.757. The number of pyridine rings is 1. The fourth-order valence-corrected chi connectivity index (χ4v) is 3.45. The topological polar surface area (TPSA) is 60.5 Å². The number of rotatable bonds is 3. The second-order valence-electron chi connectivity index (χ2n) is 7.69. The number of aromatic nitrogens is 1. The largest absolute Gasteiger partial charge is 0.490 e. The van der Waals surface area contributed by atoms with Gasteiger partial charge in [0.05, 0.1) is 6.10 Å². The number of hydrogen-bond acceptors (Lipinski definition) is 4. The number of halogens is 1. The van der Waals surface area contributed by atoms with Crippen molar-refractivity contribution in [3.63, 3.8) is 0 Å². The Morgan fingerprint density at radius 3 is 2.58 bits per heavy atom. The number of nitrogens with zero attached hydrogens (tertiary/aromatic N) is 1. The third-order valence-electron chi connectivity index (χ3n) is 4.41. The summed E-state index contributed by atoms with van der Waals surface area (Å²) >= 11 is 6.17. The Hall–Kier alpha value is -2.01. The monoisotopic (exact) mass is 376 g/mol. The minimum absolute atomic E-state index is 0.129. The summed E-state index contributed by atoms with van der Waals surface area (Å²) in [5.74, 6) is 0.829. The molecule has 0 atom stereocenters. The van der Waals surface area contributed by atoms with E-state index in [0.717, 1.165) is 42.2 Å². The molecule has 1 aliphatic carbocycles. The first-order valence-electron chi connectivity index (χ1n) is 9.01. The average molecular weight is 377 g/mol. The number of nitrogens with one attached hydrogen (secondary N) is 1. The van der Waals surface area contributed by atoms with Crippen LogP contribution in [-0.4, -0.2) is 28.8 Å². The molecule has 1 aromatic heterocycles. The van der Waals surface area contributed by atoms with Crippen molar-refractivity contribution in [3.8, 4) is 5.75 Å². The van der Waals surface area contributed by atoms with Crippen LogP contribution in [0.1, 0.15) is 46.5 Å². The average Bonchev–Trinajstić information content (AvgIpc) is 2.56. The van der Waals surface area contributed by atoms with Crippen LogP contribution in [0.5, 0.6) is 5.75 Å². The summed E-state index contributed by atoms with van der Waals surface area (Å²) in [5.41, 5.74) is -0.477. The Balaban J connectivity index is 1.57. The molecule has 0 spiro atoms. The maximum Gasteiger partial charge on any atom is 0.407 e. The molecule has 0 unspecified atom stereocenters. The van der Waals surface area contributed by atoms with E-state index in [0.29, 0.717) is 5.15 Å². The van der Waals surface area contributed by atoms with Gasteiger partial charge in [-0.05, 0) is 58.6 Å². The summed E-state index contributed by atoms with van der Waals surface area (Å²) in [4.78, 5) is 16.0. The first-order valence-corrected chi connectivity index (χ1v) is 9.39. The number of amides is 1. The summed E-state index contributed by atoms with van der Waals surface area (Å²) in [7, 11) is 0. The lowest BCUT2D eigenvalue weighted by Crippen LogP contribution is -2.42. The third-order valence-corrected chi connectivity index (χ3v) is 4.71. The second-order valence-corrected chi connectivity index (χ2v) is 8.05. The van der Waals surface area contributed by atoms with Crippen LogP contribution in [0.15, 0.2) is 30.5 Å². The Bertz CT molecular complexity index is 780. The van der Waals surface area contributed by atoms with Crippen molar-refractivity contribution in [3.05, 3.63) is 35.6 Å². The highest BCUT2D eigenvalue weighted by Crippen LogP contribution is 2.32. The first-order chi connectivity index (χ1) is 12.3. The number of ether oxygens (including phenoxy) is 2. The molecule has 0 bridgehead atoms. The molecular formula is C20H25ClN2O3. The highest BCUT2D eigenvalue weighted by Gasteiger charge is 2.26. The van der Waals surface area contributed by atoms with Crippen LogP contribution in [-0.2, 0) is 4.74 Å². The van der Waals surface area contributed by atoms with Crippen molar-refractivity contribution in [2.24, 2.45) is 0 Å². The predicted octanol–water partition coefficient (Wildman–Crippen LogP) is 5.10. The lowest BCUT2D eigenvalue weighted by atomic mass is 9.93. The summed E-state index contributed by atoms with van der Waals surface area (Å²) < 4.78 is 11.5. The lowest BCUT2D eigenvalue weighted by molar-refractivity contribution is 0.0471. The van der Waals surface area contributed by atoms with Gasteiger partial charge in [-0.3, -0.25) is 0 Å². The number of fused-ring (bicyclic) bond motifs is 1. The van der Waals surface area contributed by atoms with Crippen LogP contribution in [0.25, 0.3) is 10.8 Å². The normalized spacial score (nSPS) is 20.6. The first kappa shape index (κ1) is 18.8. The van der Waals surface area contributed by atoms with Crippen molar-refractivity contribution in [2.45, 2.75) is 64.2 Å². The molecule has 26 heavy (non-hydrogen) atoms. The highest BCUT2D eigenvalue weighted by molar-refractivity contribution is 6.34. The maximum absolute atomic E-state index is 11.9. The van der Waals surface area contributed by atoms with E-state index in [4.69, 9.17) is 21.1 Å². The van der Waals surface area contributed by atoms with Crippen molar-refractivity contribution in [1.82, 2.24) is 10.3 Å². The molecule has 5 nitrogen and oxygen atoms in total. The van der Waals surface area contributed by atoms with Gasteiger partial charge in [0.15, 0.2) is 0 Å². The molecule has 6 heteroatoms.